The van der Waals surface area contributed by atoms with E-state index >= 15 is 0 Å². The number of alkyl halides is 2. The Kier molecular flexibility index (Phi) is 4.41. The van der Waals surface area contributed by atoms with Crippen molar-refractivity contribution < 1.29 is 28.0 Å². The lowest BCUT2D eigenvalue weighted by molar-refractivity contribution is 0.123. The maximum absolute atomic E-state index is 12.5. The van der Waals surface area contributed by atoms with Gasteiger partial charge in [0.25, 0.3) is 6.43 Å². The molecule has 0 radical (unpaired) electrons. The number of nitrogens with zero attached hydrogens (tertiary/aromatic N) is 1. The van der Waals surface area contributed by atoms with Crippen LogP contribution in [0.1, 0.15) is 12.2 Å². The molecule has 5 nitrogen and oxygen atoms in total. The second kappa shape index (κ2) is 5.90. The fourth-order valence-electron chi connectivity index (χ4n) is 1.64. The Bertz CT molecular complexity index is 620. The predicted octanol–water partition coefficient (Wildman–Crippen LogP) is 1.73. The molecule has 0 aliphatic carbocycles. The van der Waals surface area contributed by atoms with E-state index in [0.717, 1.165) is 6.20 Å². The number of oxazole rings is 1. The summed E-state index contributed by atoms with van der Waals surface area (Å²) < 4.78 is 35.5. The SMILES string of the molecule is COc1cc(-c2ncc(C(F)F)o2)c(B(O)O)cc1Br. The van der Waals surface area contributed by atoms with E-state index in [9.17, 15) is 18.8 Å². The lowest BCUT2D eigenvalue weighted by atomic mass is 9.77. The molecule has 0 saturated carbocycles. The Balaban J connectivity index is 2.57. The quantitative estimate of drug-likeness (QED) is 0.824. The van der Waals surface area contributed by atoms with Crippen molar-refractivity contribution in [3.8, 4) is 17.2 Å². The van der Waals surface area contributed by atoms with Crippen molar-refractivity contribution in [3.63, 3.8) is 0 Å². The molecule has 2 N–H and O–H groups in total. The number of rotatable bonds is 4. The average Bonchev–Trinajstić information content (AvgIpc) is 2.87. The Hall–Kier alpha value is -1.45. The van der Waals surface area contributed by atoms with Crippen molar-refractivity contribution in [1.82, 2.24) is 4.98 Å². The van der Waals surface area contributed by atoms with Gasteiger partial charge in [-0.25, -0.2) is 13.8 Å². The third kappa shape index (κ3) is 2.84. The van der Waals surface area contributed by atoms with E-state index in [0.29, 0.717) is 10.2 Å². The van der Waals surface area contributed by atoms with Gasteiger partial charge in [-0.15, -0.1) is 0 Å². The molecule has 0 spiro atoms. The van der Waals surface area contributed by atoms with E-state index in [4.69, 9.17) is 9.15 Å². The number of methoxy groups -OCH3 is 1. The Morgan fingerprint density at radius 1 is 1.40 bits per heavy atom. The third-order valence-corrected chi connectivity index (χ3v) is 3.19. The van der Waals surface area contributed by atoms with Gasteiger partial charge in [0.05, 0.1) is 17.8 Å². The molecule has 0 aliphatic rings. The molecular formula is C11H9BBrF2NO4. The topological polar surface area (TPSA) is 75.7 Å². The van der Waals surface area contributed by atoms with Gasteiger partial charge in [-0.2, -0.15) is 0 Å². The van der Waals surface area contributed by atoms with Crippen molar-refractivity contribution in [2.45, 2.75) is 6.43 Å². The first-order valence-corrected chi connectivity index (χ1v) is 6.21. The first kappa shape index (κ1) is 15.0. The van der Waals surface area contributed by atoms with Crippen LogP contribution in [0.3, 0.4) is 0 Å². The zero-order valence-corrected chi connectivity index (χ0v) is 11.8. The normalized spacial score (nSPS) is 10.9. The van der Waals surface area contributed by atoms with Gasteiger partial charge >= 0.3 is 7.12 Å². The van der Waals surface area contributed by atoms with Crippen LogP contribution in [0.2, 0.25) is 0 Å². The Morgan fingerprint density at radius 2 is 2.10 bits per heavy atom. The molecule has 20 heavy (non-hydrogen) atoms. The van der Waals surface area contributed by atoms with Crippen LogP contribution in [-0.4, -0.2) is 29.3 Å². The predicted molar refractivity (Wildman–Crippen MR) is 71.0 cm³/mol. The van der Waals surface area contributed by atoms with Crippen molar-refractivity contribution >= 4 is 28.5 Å². The van der Waals surface area contributed by atoms with E-state index in [2.05, 4.69) is 20.9 Å². The van der Waals surface area contributed by atoms with Gasteiger partial charge in [0.1, 0.15) is 5.75 Å². The summed E-state index contributed by atoms with van der Waals surface area (Å²) in [6.07, 6.45) is -1.90. The molecule has 2 aromatic rings. The van der Waals surface area contributed by atoms with Crippen LogP contribution < -0.4 is 10.2 Å². The molecule has 0 saturated heterocycles. The van der Waals surface area contributed by atoms with Crippen LogP contribution in [-0.2, 0) is 0 Å². The van der Waals surface area contributed by atoms with Gasteiger partial charge < -0.3 is 19.2 Å². The molecular weight excluding hydrogens is 339 g/mol. The van der Waals surface area contributed by atoms with E-state index < -0.39 is 19.3 Å². The van der Waals surface area contributed by atoms with Crippen LogP contribution in [0.25, 0.3) is 11.5 Å². The second-order valence-corrected chi connectivity index (χ2v) is 4.67. The molecule has 0 aliphatic heterocycles. The summed E-state index contributed by atoms with van der Waals surface area (Å²) in [5.74, 6) is -0.365. The number of hydrogen-bond donors (Lipinski definition) is 2. The summed E-state index contributed by atoms with van der Waals surface area (Å²) in [6, 6.07) is 2.81. The summed E-state index contributed by atoms with van der Waals surface area (Å²) in [6.45, 7) is 0. The molecule has 1 heterocycles. The molecule has 1 aromatic heterocycles. The lowest BCUT2D eigenvalue weighted by Gasteiger charge is -2.10. The summed E-state index contributed by atoms with van der Waals surface area (Å²) in [5, 5.41) is 18.7. The highest BCUT2D eigenvalue weighted by molar-refractivity contribution is 9.10. The monoisotopic (exact) mass is 347 g/mol. The first-order chi connectivity index (χ1) is 9.43. The standard InChI is InChI=1S/C11H9BBrF2NO4/c1-19-8-2-5(6(12(17)18)3-7(8)13)11-16-4-9(20-11)10(14)15/h2-4,10,17-18H,1H3. The first-order valence-electron chi connectivity index (χ1n) is 5.41. The number of ether oxygens (including phenoxy) is 1. The number of hydrogen-bond acceptors (Lipinski definition) is 5. The maximum atomic E-state index is 12.5. The van der Waals surface area contributed by atoms with Crippen LogP contribution in [0.5, 0.6) is 5.75 Å². The zero-order chi connectivity index (χ0) is 14.9. The molecule has 1 aromatic carbocycles. The summed E-state index contributed by atoms with van der Waals surface area (Å²) in [7, 11) is -0.395. The third-order valence-electron chi connectivity index (χ3n) is 2.57. The van der Waals surface area contributed by atoms with E-state index in [1.807, 2.05) is 0 Å². The summed E-state index contributed by atoms with van der Waals surface area (Å²) >= 11 is 3.19. The van der Waals surface area contributed by atoms with Crippen LogP contribution in [0, 0.1) is 0 Å². The van der Waals surface area contributed by atoms with E-state index in [-0.39, 0.29) is 16.9 Å². The average molecular weight is 348 g/mol. The molecule has 0 amide bonds. The fourth-order valence-corrected chi connectivity index (χ4v) is 2.16. The summed E-state index contributed by atoms with van der Waals surface area (Å²) in [4.78, 5) is 3.72. The maximum Gasteiger partial charge on any atom is 0.489 e. The zero-order valence-electron chi connectivity index (χ0n) is 10.2. The molecule has 0 bridgehead atoms. The van der Waals surface area contributed by atoms with Gasteiger partial charge in [-0.05, 0) is 33.5 Å². The largest absolute Gasteiger partial charge is 0.496 e. The fraction of sp³-hybridized carbons (Fsp3) is 0.182. The minimum atomic E-state index is -2.80. The van der Waals surface area contributed by atoms with Gasteiger partial charge in [-0.3, -0.25) is 0 Å². The van der Waals surface area contributed by atoms with Crippen LogP contribution in [0.15, 0.2) is 27.2 Å². The highest BCUT2D eigenvalue weighted by Crippen LogP contribution is 2.31. The molecule has 0 unspecified atom stereocenters. The summed E-state index contributed by atoms with van der Waals surface area (Å²) in [5.41, 5.74) is 0.215. The van der Waals surface area contributed by atoms with Gasteiger partial charge in [0.15, 0.2) is 5.76 Å². The van der Waals surface area contributed by atoms with Crippen molar-refractivity contribution in [1.29, 1.82) is 0 Å². The van der Waals surface area contributed by atoms with Gasteiger partial charge in [-0.1, -0.05) is 0 Å². The molecule has 0 fully saturated rings. The smallest absolute Gasteiger partial charge is 0.489 e. The highest BCUT2D eigenvalue weighted by Gasteiger charge is 2.24. The van der Waals surface area contributed by atoms with Crippen molar-refractivity contribution in [2.75, 3.05) is 7.11 Å². The molecule has 2 rings (SSSR count). The van der Waals surface area contributed by atoms with Crippen molar-refractivity contribution in [3.05, 3.63) is 28.6 Å². The van der Waals surface area contributed by atoms with Crippen LogP contribution >= 0.6 is 15.9 Å². The molecule has 106 valence electrons. The second-order valence-electron chi connectivity index (χ2n) is 3.82. The van der Waals surface area contributed by atoms with Gasteiger partial charge in [0.2, 0.25) is 5.89 Å². The minimum absolute atomic E-state index is 0.0559. The number of benzene rings is 1. The highest BCUT2D eigenvalue weighted by atomic mass is 79.9. The number of halogens is 3. The van der Waals surface area contributed by atoms with E-state index in [1.165, 1.54) is 19.2 Å². The lowest BCUT2D eigenvalue weighted by Crippen LogP contribution is -2.31. The minimum Gasteiger partial charge on any atom is -0.496 e. The van der Waals surface area contributed by atoms with Crippen molar-refractivity contribution in [2.24, 2.45) is 0 Å². The number of aromatic nitrogens is 1. The molecule has 9 heteroatoms. The molecule has 0 atom stereocenters. The van der Waals surface area contributed by atoms with Crippen LogP contribution in [0.4, 0.5) is 8.78 Å². The van der Waals surface area contributed by atoms with Gasteiger partial charge in [0, 0.05) is 5.56 Å². The Labute approximate surface area is 121 Å². The Morgan fingerprint density at radius 3 is 2.60 bits per heavy atom. The van der Waals surface area contributed by atoms with E-state index in [1.54, 1.807) is 0 Å².